The zero-order valence-electron chi connectivity index (χ0n) is 19.3. The molecule has 0 N–H and O–H groups in total. The van der Waals surface area contributed by atoms with E-state index in [0.717, 1.165) is 11.5 Å². The van der Waals surface area contributed by atoms with E-state index in [1.165, 1.54) is 75.3 Å². The first-order chi connectivity index (χ1) is 14.2. The molecule has 1 nitrogen and oxygen atoms in total. The van der Waals surface area contributed by atoms with Gasteiger partial charge in [0, 0.05) is 0 Å². The minimum atomic E-state index is 0.580. The van der Waals surface area contributed by atoms with Crippen LogP contribution in [0, 0.1) is 0 Å². The molecule has 0 bridgehead atoms. The lowest BCUT2D eigenvalue weighted by Gasteiger charge is -2.22. The van der Waals surface area contributed by atoms with Crippen molar-refractivity contribution < 1.29 is 4.74 Å². The fourth-order valence-corrected chi connectivity index (χ4v) is 4.38. The molecular formula is C28H42O. The maximum atomic E-state index is 6.62. The van der Waals surface area contributed by atoms with Crippen molar-refractivity contribution in [2.45, 2.75) is 104 Å². The van der Waals surface area contributed by atoms with Crippen molar-refractivity contribution in [1.29, 1.82) is 0 Å². The van der Waals surface area contributed by atoms with E-state index >= 15 is 0 Å². The van der Waals surface area contributed by atoms with Crippen LogP contribution in [0.3, 0.4) is 0 Å². The van der Waals surface area contributed by atoms with Gasteiger partial charge in [0.2, 0.25) is 0 Å². The maximum Gasteiger partial charge on any atom is 0.130 e. The summed E-state index contributed by atoms with van der Waals surface area (Å²) in [5.41, 5.74) is 2.75. The van der Waals surface area contributed by atoms with E-state index in [0.29, 0.717) is 11.8 Å². The first kappa shape index (κ1) is 23.5. The zero-order valence-corrected chi connectivity index (χ0v) is 19.3. The van der Waals surface area contributed by atoms with Gasteiger partial charge in [-0.3, -0.25) is 0 Å². The van der Waals surface area contributed by atoms with Crippen molar-refractivity contribution in [1.82, 2.24) is 0 Å². The van der Waals surface area contributed by atoms with Crippen LogP contribution in [0.4, 0.5) is 0 Å². The molecule has 160 valence electrons. The predicted molar refractivity (Wildman–Crippen MR) is 127 cm³/mol. The van der Waals surface area contributed by atoms with E-state index in [9.17, 15) is 0 Å². The van der Waals surface area contributed by atoms with Crippen molar-refractivity contribution in [3.05, 3.63) is 59.7 Å². The molecule has 0 aromatic heterocycles. The molecule has 2 unspecified atom stereocenters. The Morgan fingerprint density at radius 3 is 1.38 bits per heavy atom. The second kappa shape index (κ2) is 13.5. The van der Waals surface area contributed by atoms with Gasteiger partial charge in [-0.15, -0.1) is 0 Å². The molecule has 1 heteroatoms. The molecule has 0 saturated heterocycles. The molecule has 2 atom stereocenters. The highest BCUT2D eigenvalue weighted by Crippen LogP contribution is 2.39. The Morgan fingerprint density at radius 2 is 1.00 bits per heavy atom. The van der Waals surface area contributed by atoms with E-state index in [1.54, 1.807) is 0 Å². The molecule has 0 aliphatic heterocycles. The normalized spacial score (nSPS) is 13.2. The standard InChI is InChI=1S/C28H42O/c1-5-9-11-17-23(7-3)25-19-13-15-21-27(25)29-28-22-16-14-20-26(28)24(8-4)18-12-10-6-2/h13-16,19-24H,5-12,17-18H2,1-4H3. The average Bonchev–Trinajstić information content (AvgIpc) is 2.76. The summed E-state index contributed by atoms with van der Waals surface area (Å²) in [6, 6.07) is 17.4. The topological polar surface area (TPSA) is 9.23 Å². The average molecular weight is 395 g/mol. The van der Waals surface area contributed by atoms with Crippen molar-refractivity contribution in [3.63, 3.8) is 0 Å². The summed E-state index contributed by atoms with van der Waals surface area (Å²) in [6.45, 7) is 9.17. The zero-order chi connectivity index (χ0) is 20.9. The minimum Gasteiger partial charge on any atom is -0.457 e. The van der Waals surface area contributed by atoms with Gasteiger partial charge in [-0.25, -0.2) is 0 Å². The number of ether oxygens (including phenoxy) is 1. The van der Waals surface area contributed by atoms with Crippen LogP contribution in [0.5, 0.6) is 11.5 Å². The number of hydrogen-bond donors (Lipinski definition) is 0. The highest BCUT2D eigenvalue weighted by atomic mass is 16.5. The van der Waals surface area contributed by atoms with Gasteiger partial charge in [-0.1, -0.05) is 103 Å². The third kappa shape index (κ3) is 7.21. The molecule has 0 amide bonds. The van der Waals surface area contributed by atoms with E-state index in [-0.39, 0.29) is 0 Å². The van der Waals surface area contributed by atoms with E-state index in [4.69, 9.17) is 4.74 Å². The van der Waals surface area contributed by atoms with Crippen molar-refractivity contribution in [2.75, 3.05) is 0 Å². The number of hydrogen-bond acceptors (Lipinski definition) is 1. The molecule has 0 aliphatic carbocycles. The molecule has 2 aromatic carbocycles. The third-order valence-electron chi connectivity index (χ3n) is 6.24. The van der Waals surface area contributed by atoms with Crippen LogP contribution in [0.15, 0.2) is 48.5 Å². The fraction of sp³-hybridized carbons (Fsp3) is 0.571. The van der Waals surface area contributed by atoms with Gasteiger partial charge >= 0.3 is 0 Å². The predicted octanol–water partition coefficient (Wildman–Crippen LogP) is 9.63. The number of rotatable bonds is 14. The highest BCUT2D eigenvalue weighted by molar-refractivity contribution is 5.44. The maximum absolute atomic E-state index is 6.62. The molecule has 2 rings (SSSR count). The SMILES string of the molecule is CCCCCC(CC)c1ccccc1Oc1ccccc1C(CC)CCCCC. The molecule has 0 heterocycles. The molecular weight excluding hydrogens is 352 g/mol. The van der Waals surface area contributed by atoms with Crippen LogP contribution in [0.25, 0.3) is 0 Å². The summed E-state index contributed by atoms with van der Waals surface area (Å²) in [5, 5.41) is 0. The monoisotopic (exact) mass is 394 g/mol. The molecule has 0 fully saturated rings. The van der Waals surface area contributed by atoms with Gasteiger partial charge in [-0.05, 0) is 60.8 Å². The molecule has 0 radical (unpaired) electrons. The Bertz CT molecular complexity index is 631. The lowest BCUT2D eigenvalue weighted by Crippen LogP contribution is -2.03. The Morgan fingerprint density at radius 1 is 0.586 bits per heavy atom. The van der Waals surface area contributed by atoms with Crippen LogP contribution < -0.4 is 4.74 Å². The molecule has 0 spiro atoms. The largest absolute Gasteiger partial charge is 0.457 e. The van der Waals surface area contributed by atoms with Crippen LogP contribution in [-0.4, -0.2) is 0 Å². The Labute approximate surface area is 179 Å². The smallest absolute Gasteiger partial charge is 0.130 e. The summed E-state index contributed by atoms with van der Waals surface area (Å²) < 4.78 is 6.62. The summed E-state index contributed by atoms with van der Waals surface area (Å²) in [4.78, 5) is 0. The summed E-state index contributed by atoms with van der Waals surface area (Å²) >= 11 is 0. The molecule has 0 aliphatic rings. The Kier molecular flexibility index (Phi) is 10.9. The van der Waals surface area contributed by atoms with E-state index in [2.05, 4.69) is 76.2 Å². The summed E-state index contributed by atoms with van der Waals surface area (Å²) in [7, 11) is 0. The second-order valence-corrected chi connectivity index (χ2v) is 8.38. The van der Waals surface area contributed by atoms with E-state index < -0.39 is 0 Å². The van der Waals surface area contributed by atoms with Crippen molar-refractivity contribution in [3.8, 4) is 11.5 Å². The van der Waals surface area contributed by atoms with Gasteiger partial charge in [0.25, 0.3) is 0 Å². The lowest BCUT2D eigenvalue weighted by atomic mass is 9.89. The molecule has 0 saturated carbocycles. The van der Waals surface area contributed by atoms with Crippen LogP contribution >= 0.6 is 0 Å². The fourth-order valence-electron chi connectivity index (χ4n) is 4.38. The van der Waals surface area contributed by atoms with Crippen LogP contribution in [-0.2, 0) is 0 Å². The van der Waals surface area contributed by atoms with Crippen LogP contribution in [0.2, 0.25) is 0 Å². The summed E-state index contributed by atoms with van der Waals surface area (Å²) in [6.07, 6.45) is 12.6. The minimum absolute atomic E-state index is 0.580. The van der Waals surface area contributed by atoms with Gasteiger partial charge in [-0.2, -0.15) is 0 Å². The summed E-state index contributed by atoms with van der Waals surface area (Å²) in [5.74, 6) is 3.26. The van der Waals surface area contributed by atoms with Gasteiger partial charge < -0.3 is 4.74 Å². The van der Waals surface area contributed by atoms with Gasteiger partial charge in [0.05, 0.1) is 0 Å². The quantitative estimate of drug-likeness (QED) is 0.290. The Balaban J connectivity index is 2.24. The second-order valence-electron chi connectivity index (χ2n) is 8.38. The van der Waals surface area contributed by atoms with Gasteiger partial charge in [0.15, 0.2) is 0 Å². The molecule has 2 aromatic rings. The van der Waals surface area contributed by atoms with Crippen molar-refractivity contribution >= 4 is 0 Å². The first-order valence-electron chi connectivity index (χ1n) is 12.1. The van der Waals surface area contributed by atoms with Crippen LogP contribution in [0.1, 0.15) is 115 Å². The van der Waals surface area contributed by atoms with Gasteiger partial charge in [0.1, 0.15) is 11.5 Å². The number of benzene rings is 2. The highest BCUT2D eigenvalue weighted by Gasteiger charge is 2.18. The number of para-hydroxylation sites is 2. The first-order valence-corrected chi connectivity index (χ1v) is 12.1. The molecule has 29 heavy (non-hydrogen) atoms. The lowest BCUT2D eigenvalue weighted by molar-refractivity contribution is 0.443. The number of unbranched alkanes of at least 4 members (excludes halogenated alkanes) is 4. The van der Waals surface area contributed by atoms with Crippen molar-refractivity contribution in [2.24, 2.45) is 0 Å². The Hall–Kier alpha value is -1.76. The van der Waals surface area contributed by atoms with E-state index in [1.807, 2.05) is 0 Å². The third-order valence-corrected chi connectivity index (χ3v) is 6.24.